The number of likely N-dealkylation sites (tertiary alicyclic amines) is 1. The van der Waals surface area contributed by atoms with Crippen LogP contribution in [0.4, 0.5) is 0 Å². The van der Waals surface area contributed by atoms with E-state index >= 15 is 0 Å². The highest BCUT2D eigenvalue weighted by atomic mass is 16.5. The molecular formula is C13H22N2O6. The van der Waals surface area contributed by atoms with Crippen LogP contribution in [-0.2, 0) is 19.1 Å². The van der Waals surface area contributed by atoms with E-state index in [1.54, 1.807) is 0 Å². The highest BCUT2D eigenvalue weighted by Gasteiger charge is 2.41. The SMILES string of the molecule is CC1(C(=O)NC2CCN(CC(=O)O)CC2)COC1.O=CO. The molecule has 0 atom stereocenters. The summed E-state index contributed by atoms with van der Waals surface area (Å²) in [4.78, 5) is 32.8. The predicted octanol–water partition coefficient (Wildman–Crippen LogP) is -0.611. The third-order valence-electron chi connectivity index (χ3n) is 3.67. The van der Waals surface area contributed by atoms with Crippen molar-refractivity contribution in [3.63, 3.8) is 0 Å². The first-order chi connectivity index (χ1) is 9.91. The molecule has 0 aromatic heterocycles. The van der Waals surface area contributed by atoms with Crippen molar-refractivity contribution in [2.24, 2.45) is 5.41 Å². The fourth-order valence-corrected chi connectivity index (χ4v) is 2.33. The second kappa shape index (κ2) is 7.94. The lowest BCUT2D eigenvalue weighted by Gasteiger charge is -2.39. The number of nitrogens with zero attached hydrogens (tertiary/aromatic N) is 1. The van der Waals surface area contributed by atoms with Crippen molar-refractivity contribution in [3.05, 3.63) is 0 Å². The molecule has 8 nitrogen and oxygen atoms in total. The molecule has 0 aromatic rings. The van der Waals surface area contributed by atoms with Crippen LogP contribution in [0.1, 0.15) is 19.8 Å². The number of rotatable bonds is 4. The van der Waals surface area contributed by atoms with E-state index in [2.05, 4.69) is 5.32 Å². The number of carbonyl (C=O) groups excluding carboxylic acids is 1. The Labute approximate surface area is 123 Å². The van der Waals surface area contributed by atoms with Gasteiger partial charge in [0, 0.05) is 19.1 Å². The Morgan fingerprint density at radius 3 is 2.29 bits per heavy atom. The summed E-state index contributed by atoms with van der Waals surface area (Å²) in [6, 6.07) is 0.167. The van der Waals surface area contributed by atoms with E-state index in [4.69, 9.17) is 19.7 Å². The van der Waals surface area contributed by atoms with Gasteiger partial charge in [0.1, 0.15) is 0 Å². The van der Waals surface area contributed by atoms with Gasteiger partial charge in [0.2, 0.25) is 5.91 Å². The lowest BCUT2D eigenvalue weighted by Crippen LogP contribution is -2.55. The van der Waals surface area contributed by atoms with E-state index < -0.39 is 5.97 Å². The van der Waals surface area contributed by atoms with Gasteiger partial charge >= 0.3 is 5.97 Å². The average molecular weight is 302 g/mol. The Kier molecular flexibility index (Phi) is 6.57. The van der Waals surface area contributed by atoms with Crippen molar-refractivity contribution in [2.75, 3.05) is 32.8 Å². The van der Waals surface area contributed by atoms with Gasteiger partial charge < -0.3 is 20.3 Å². The summed E-state index contributed by atoms with van der Waals surface area (Å²) in [5.74, 6) is -0.734. The molecule has 2 heterocycles. The van der Waals surface area contributed by atoms with E-state index in [1.807, 2.05) is 11.8 Å². The number of ether oxygens (including phenoxy) is 1. The Balaban J connectivity index is 0.000000677. The minimum Gasteiger partial charge on any atom is -0.483 e. The molecule has 2 rings (SSSR count). The number of carboxylic acids is 1. The average Bonchev–Trinajstić information content (AvgIpc) is 2.38. The zero-order chi connectivity index (χ0) is 15.9. The molecule has 0 aliphatic carbocycles. The monoisotopic (exact) mass is 302 g/mol. The molecule has 120 valence electrons. The van der Waals surface area contributed by atoms with Gasteiger partial charge in [0.25, 0.3) is 6.47 Å². The largest absolute Gasteiger partial charge is 0.483 e. The topological polar surface area (TPSA) is 116 Å². The molecule has 0 radical (unpaired) electrons. The first kappa shape index (κ1) is 17.4. The number of carboxylic acid groups (broad SMARTS) is 2. The minimum absolute atomic E-state index is 0.0606. The van der Waals surface area contributed by atoms with Crippen LogP contribution in [0.25, 0.3) is 0 Å². The normalized spacial score (nSPS) is 21.4. The maximum Gasteiger partial charge on any atom is 0.317 e. The molecule has 3 N–H and O–H groups in total. The minimum atomic E-state index is -0.795. The van der Waals surface area contributed by atoms with Crippen LogP contribution < -0.4 is 5.32 Å². The fraction of sp³-hybridized carbons (Fsp3) is 0.769. The number of hydrogen-bond donors (Lipinski definition) is 3. The second-order valence-electron chi connectivity index (χ2n) is 5.58. The van der Waals surface area contributed by atoms with Crippen LogP contribution >= 0.6 is 0 Å². The van der Waals surface area contributed by atoms with Crippen LogP contribution in [0.5, 0.6) is 0 Å². The molecule has 0 spiro atoms. The van der Waals surface area contributed by atoms with E-state index in [-0.39, 0.29) is 30.4 Å². The van der Waals surface area contributed by atoms with E-state index in [0.29, 0.717) is 13.2 Å². The summed E-state index contributed by atoms with van der Waals surface area (Å²) in [7, 11) is 0. The van der Waals surface area contributed by atoms with Crippen LogP contribution in [0.2, 0.25) is 0 Å². The molecular weight excluding hydrogens is 280 g/mol. The van der Waals surface area contributed by atoms with Gasteiger partial charge in [-0.15, -0.1) is 0 Å². The molecule has 2 fully saturated rings. The number of carbonyl (C=O) groups is 3. The lowest BCUT2D eigenvalue weighted by molar-refractivity contribution is -0.158. The Bertz CT molecular complexity index is 375. The number of amides is 1. The second-order valence-corrected chi connectivity index (χ2v) is 5.58. The van der Waals surface area contributed by atoms with Crippen LogP contribution in [-0.4, -0.2) is 72.4 Å². The number of piperidine rings is 1. The molecule has 0 bridgehead atoms. The molecule has 0 unspecified atom stereocenters. The van der Waals surface area contributed by atoms with Crippen LogP contribution in [0.15, 0.2) is 0 Å². The summed E-state index contributed by atoms with van der Waals surface area (Å²) < 4.78 is 5.07. The van der Waals surface area contributed by atoms with Crippen molar-refractivity contribution in [1.82, 2.24) is 10.2 Å². The highest BCUT2D eigenvalue weighted by molar-refractivity contribution is 5.83. The van der Waals surface area contributed by atoms with Gasteiger partial charge in [-0.05, 0) is 19.8 Å². The molecule has 8 heteroatoms. The first-order valence-electron chi connectivity index (χ1n) is 6.82. The number of aliphatic carboxylic acids is 1. The smallest absolute Gasteiger partial charge is 0.317 e. The standard InChI is InChI=1S/C12H20N2O4.CH2O2/c1-12(7-18-8-12)11(17)13-9-2-4-14(5-3-9)6-10(15)16;2-1-3/h9H,2-8H2,1H3,(H,13,17)(H,15,16);1H,(H,2,3). The van der Waals surface area contributed by atoms with E-state index in [0.717, 1.165) is 25.9 Å². The van der Waals surface area contributed by atoms with Crippen LogP contribution in [0, 0.1) is 5.41 Å². The Morgan fingerprint density at radius 2 is 1.90 bits per heavy atom. The van der Waals surface area contributed by atoms with Gasteiger partial charge in [0.05, 0.1) is 25.2 Å². The van der Waals surface area contributed by atoms with Gasteiger partial charge in [0.15, 0.2) is 0 Å². The summed E-state index contributed by atoms with van der Waals surface area (Å²) in [5.41, 5.74) is -0.363. The molecule has 2 aliphatic heterocycles. The Morgan fingerprint density at radius 1 is 1.38 bits per heavy atom. The van der Waals surface area contributed by atoms with Crippen molar-refractivity contribution in [3.8, 4) is 0 Å². The third kappa shape index (κ3) is 5.31. The summed E-state index contributed by atoms with van der Waals surface area (Å²) in [6.07, 6.45) is 1.63. The number of hydrogen-bond acceptors (Lipinski definition) is 5. The molecule has 0 aromatic carbocycles. The molecule has 1 amide bonds. The van der Waals surface area contributed by atoms with Crippen molar-refractivity contribution in [1.29, 1.82) is 0 Å². The summed E-state index contributed by atoms with van der Waals surface area (Å²) >= 11 is 0. The highest BCUT2D eigenvalue weighted by Crippen LogP contribution is 2.27. The third-order valence-corrected chi connectivity index (χ3v) is 3.67. The van der Waals surface area contributed by atoms with E-state index in [9.17, 15) is 9.59 Å². The van der Waals surface area contributed by atoms with Crippen molar-refractivity contribution in [2.45, 2.75) is 25.8 Å². The zero-order valence-corrected chi connectivity index (χ0v) is 12.1. The molecule has 21 heavy (non-hydrogen) atoms. The summed E-state index contributed by atoms with van der Waals surface area (Å²) in [6.45, 7) is 4.19. The maximum atomic E-state index is 12.0. The zero-order valence-electron chi connectivity index (χ0n) is 12.1. The lowest BCUT2D eigenvalue weighted by atomic mass is 9.87. The molecule has 2 aliphatic rings. The Hall–Kier alpha value is -1.67. The van der Waals surface area contributed by atoms with Gasteiger partial charge in [-0.3, -0.25) is 19.3 Å². The maximum absolute atomic E-state index is 12.0. The number of nitrogens with one attached hydrogen (secondary N) is 1. The van der Waals surface area contributed by atoms with Gasteiger partial charge in [-0.2, -0.15) is 0 Å². The first-order valence-corrected chi connectivity index (χ1v) is 6.82. The van der Waals surface area contributed by atoms with Crippen molar-refractivity contribution >= 4 is 18.3 Å². The van der Waals surface area contributed by atoms with Crippen molar-refractivity contribution < 1.29 is 29.3 Å². The summed E-state index contributed by atoms with van der Waals surface area (Å²) in [5, 5.41) is 18.6. The molecule has 0 saturated carbocycles. The van der Waals surface area contributed by atoms with Gasteiger partial charge in [-0.1, -0.05) is 0 Å². The fourth-order valence-electron chi connectivity index (χ4n) is 2.33. The van der Waals surface area contributed by atoms with Gasteiger partial charge in [-0.25, -0.2) is 0 Å². The predicted molar refractivity (Wildman–Crippen MR) is 72.9 cm³/mol. The van der Waals surface area contributed by atoms with Crippen LogP contribution in [0.3, 0.4) is 0 Å². The molecule has 2 saturated heterocycles. The van der Waals surface area contributed by atoms with E-state index in [1.165, 1.54) is 0 Å². The quantitative estimate of drug-likeness (QED) is 0.593.